The van der Waals surface area contributed by atoms with Gasteiger partial charge in [-0.3, -0.25) is 9.20 Å². The summed E-state index contributed by atoms with van der Waals surface area (Å²) in [5, 5.41) is 3.65. The van der Waals surface area contributed by atoms with Crippen LogP contribution in [0, 0.1) is 0 Å². The first-order chi connectivity index (χ1) is 12.2. The topological polar surface area (TPSA) is 68.5 Å². The number of ether oxygens (including phenoxy) is 1. The molecule has 1 amide bonds. The van der Waals surface area contributed by atoms with E-state index < -0.39 is 0 Å². The van der Waals surface area contributed by atoms with Crippen molar-refractivity contribution in [3.8, 4) is 5.75 Å². The van der Waals surface area contributed by atoms with Crippen LogP contribution in [-0.4, -0.2) is 32.5 Å². The molecule has 0 spiro atoms. The third kappa shape index (κ3) is 3.18. The number of nitrogens with one attached hydrogen (secondary N) is 1. The lowest BCUT2D eigenvalue weighted by atomic mass is 10.3. The maximum Gasteiger partial charge on any atom is 0.234 e. The molecule has 0 bridgehead atoms. The molecule has 25 heavy (non-hydrogen) atoms. The standard InChI is InChI=1S/C17H14N4O2S2/c1-23-12-8-6-11(7-9-12)18-15(22)10-24-17-20-25-16-19-13-4-2-3-5-14(13)21(16)17/h2-9H,10H2,1H3,(H,18,22). The number of aromatic nitrogens is 3. The summed E-state index contributed by atoms with van der Waals surface area (Å²) in [6.07, 6.45) is 0. The van der Waals surface area contributed by atoms with Gasteiger partial charge in [0.2, 0.25) is 10.9 Å². The Morgan fingerprint density at radius 2 is 2.04 bits per heavy atom. The van der Waals surface area contributed by atoms with Crippen LogP contribution in [0.25, 0.3) is 16.0 Å². The first kappa shape index (κ1) is 15.9. The zero-order valence-corrected chi connectivity index (χ0v) is 14.9. The Morgan fingerprint density at radius 1 is 1.24 bits per heavy atom. The number of hydrogen-bond donors (Lipinski definition) is 1. The molecule has 2 aromatic carbocycles. The minimum absolute atomic E-state index is 0.0827. The molecule has 2 aromatic heterocycles. The van der Waals surface area contributed by atoms with Gasteiger partial charge in [-0.1, -0.05) is 23.9 Å². The van der Waals surface area contributed by atoms with Gasteiger partial charge < -0.3 is 10.1 Å². The third-order valence-corrected chi connectivity index (χ3v) is 5.39. The first-order valence-corrected chi connectivity index (χ1v) is 9.30. The zero-order chi connectivity index (χ0) is 17.2. The normalized spacial score (nSPS) is 11.1. The summed E-state index contributed by atoms with van der Waals surface area (Å²) in [5.74, 6) is 0.946. The van der Waals surface area contributed by atoms with Crippen LogP contribution < -0.4 is 10.1 Å². The molecule has 0 atom stereocenters. The lowest BCUT2D eigenvalue weighted by Gasteiger charge is -2.05. The molecule has 1 N–H and O–H groups in total. The number of methoxy groups -OCH3 is 1. The van der Waals surface area contributed by atoms with E-state index in [1.54, 1.807) is 7.11 Å². The fraction of sp³-hybridized carbons (Fsp3) is 0.118. The van der Waals surface area contributed by atoms with E-state index in [-0.39, 0.29) is 11.7 Å². The molecule has 2 heterocycles. The largest absolute Gasteiger partial charge is 0.497 e. The summed E-state index contributed by atoms with van der Waals surface area (Å²) in [6.45, 7) is 0. The molecule has 0 saturated carbocycles. The fourth-order valence-corrected chi connectivity index (χ4v) is 4.14. The molecule has 6 nitrogen and oxygen atoms in total. The molecule has 0 radical (unpaired) electrons. The van der Waals surface area contributed by atoms with E-state index in [9.17, 15) is 4.79 Å². The predicted molar refractivity (Wildman–Crippen MR) is 101 cm³/mol. The van der Waals surface area contributed by atoms with Gasteiger partial charge in [-0.15, -0.1) is 0 Å². The molecule has 0 fully saturated rings. The monoisotopic (exact) mass is 370 g/mol. The Labute approximate surface area is 152 Å². The Balaban J connectivity index is 1.47. The highest BCUT2D eigenvalue weighted by Gasteiger charge is 2.14. The van der Waals surface area contributed by atoms with Crippen molar-refractivity contribution in [1.82, 2.24) is 13.8 Å². The first-order valence-electron chi connectivity index (χ1n) is 7.54. The van der Waals surface area contributed by atoms with Gasteiger partial charge in [0.05, 0.1) is 23.9 Å². The quantitative estimate of drug-likeness (QED) is 0.543. The summed E-state index contributed by atoms with van der Waals surface area (Å²) in [5.41, 5.74) is 2.67. The Bertz CT molecular complexity index is 1040. The number of amides is 1. The second-order valence-corrected chi connectivity index (χ2v) is 6.92. The van der Waals surface area contributed by atoms with Crippen molar-refractivity contribution in [2.24, 2.45) is 0 Å². The van der Waals surface area contributed by atoms with Crippen molar-refractivity contribution < 1.29 is 9.53 Å². The maximum atomic E-state index is 12.2. The Morgan fingerprint density at radius 3 is 2.84 bits per heavy atom. The average Bonchev–Trinajstić information content (AvgIpc) is 3.20. The number of benzene rings is 2. The van der Waals surface area contributed by atoms with E-state index in [0.717, 1.165) is 32.6 Å². The summed E-state index contributed by atoms with van der Waals surface area (Å²) in [4.78, 5) is 17.6. The van der Waals surface area contributed by atoms with Crippen LogP contribution in [0.4, 0.5) is 5.69 Å². The second kappa shape index (κ2) is 6.73. The van der Waals surface area contributed by atoms with Gasteiger partial charge in [0.25, 0.3) is 0 Å². The molecule has 0 saturated heterocycles. The molecule has 0 aliphatic heterocycles. The van der Waals surface area contributed by atoms with Crippen molar-refractivity contribution >= 4 is 50.9 Å². The molecule has 4 aromatic rings. The van der Waals surface area contributed by atoms with Crippen LogP contribution in [0.2, 0.25) is 0 Å². The number of nitrogens with zero attached hydrogens (tertiary/aromatic N) is 3. The molecular formula is C17H14N4O2S2. The van der Waals surface area contributed by atoms with E-state index in [1.165, 1.54) is 23.3 Å². The summed E-state index contributed by atoms with van der Waals surface area (Å²) < 4.78 is 11.5. The SMILES string of the molecule is COc1ccc(NC(=O)CSc2nsc3nc4ccccc4n23)cc1. The number of fused-ring (bicyclic) bond motifs is 3. The van der Waals surface area contributed by atoms with Crippen molar-refractivity contribution in [3.63, 3.8) is 0 Å². The number of anilines is 1. The number of thioether (sulfide) groups is 1. The van der Waals surface area contributed by atoms with E-state index in [1.807, 2.05) is 52.9 Å². The lowest BCUT2D eigenvalue weighted by Crippen LogP contribution is -2.14. The highest BCUT2D eigenvalue weighted by atomic mass is 32.2. The van der Waals surface area contributed by atoms with Gasteiger partial charge >= 0.3 is 0 Å². The minimum Gasteiger partial charge on any atom is -0.497 e. The summed E-state index contributed by atoms with van der Waals surface area (Å²) >= 11 is 2.73. The van der Waals surface area contributed by atoms with Gasteiger partial charge in [-0.25, -0.2) is 4.98 Å². The van der Waals surface area contributed by atoms with Gasteiger partial charge in [0.1, 0.15) is 5.75 Å². The van der Waals surface area contributed by atoms with E-state index in [0.29, 0.717) is 0 Å². The number of rotatable bonds is 5. The number of carbonyl (C=O) groups excluding carboxylic acids is 1. The highest BCUT2D eigenvalue weighted by molar-refractivity contribution is 7.99. The number of para-hydroxylation sites is 2. The number of carbonyl (C=O) groups is 1. The molecular weight excluding hydrogens is 356 g/mol. The third-order valence-electron chi connectivity index (χ3n) is 3.63. The van der Waals surface area contributed by atoms with Crippen LogP contribution in [0.1, 0.15) is 0 Å². The highest BCUT2D eigenvalue weighted by Crippen LogP contribution is 2.27. The summed E-state index contributed by atoms with van der Waals surface area (Å²) in [7, 11) is 1.61. The smallest absolute Gasteiger partial charge is 0.234 e. The van der Waals surface area contributed by atoms with E-state index >= 15 is 0 Å². The van der Waals surface area contributed by atoms with Crippen LogP contribution in [0.5, 0.6) is 5.75 Å². The Hall–Kier alpha value is -2.58. The number of hydrogen-bond acceptors (Lipinski definition) is 6. The van der Waals surface area contributed by atoms with Crippen LogP contribution in [-0.2, 0) is 4.79 Å². The molecule has 8 heteroatoms. The van der Waals surface area contributed by atoms with Crippen LogP contribution in [0.15, 0.2) is 53.7 Å². The zero-order valence-electron chi connectivity index (χ0n) is 13.3. The fourth-order valence-electron chi connectivity index (χ4n) is 2.46. The van der Waals surface area contributed by atoms with Crippen molar-refractivity contribution in [2.75, 3.05) is 18.2 Å². The summed E-state index contributed by atoms with van der Waals surface area (Å²) in [6, 6.07) is 15.2. The molecule has 0 aliphatic carbocycles. The van der Waals surface area contributed by atoms with Crippen molar-refractivity contribution in [3.05, 3.63) is 48.5 Å². The molecule has 0 aliphatic rings. The molecule has 126 valence electrons. The average molecular weight is 370 g/mol. The Kier molecular flexibility index (Phi) is 4.29. The molecule has 4 rings (SSSR count). The van der Waals surface area contributed by atoms with E-state index in [2.05, 4.69) is 14.7 Å². The maximum absolute atomic E-state index is 12.2. The van der Waals surface area contributed by atoms with Crippen LogP contribution >= 0.6 is 23.3 Å². The lowest BCUT2D eigenvalue weighted by molar-refractivity contribution is -0.113. The predicted octanol–water partition coefficient (Wildman–Crippen LogP) is 3.68. The van der Waals surface area contributed by atoms with Crippen molar-refractivity contribution in [2.45, 2.75) is 5.16 Å². The minimum atomic E-state index is -0.0827. The van der Waals surface area contributed by atoms with Gasteiger partial charge in [0.15, 0.2) is 5.16 Å². The van der Waals surface area contributed by atoms with Gasteiger partial charge in [-0.05, 0) is 36.4 Å². The van der Waals surface area contributed by atoms with Gasteiger partial charge in [-0.2, -0.15) is 4.37 Å². The number of imidazole rings is 1. The van der Waals surface area contributed by atoms with Gasteiger partial charge in [0, 0.05) is 17.2 Å². The van der Waals surface area contributed by atoms with Crippen molar-refractivity contribution in [1.29, 1.82) is 0 Å². The second-order valence-electron chi connectivity index (χ2n) is 5.25. The van der Waals surface area contributed by atoms with Crippen LogP contribution in [0.3, 0.4) is 0 Å². The van der Waals surface area contributed by atoms with E-state index in [4.69, 9.17) is 4.74 Å². The molecule has 0 unspecified atom stereocenters.